The second kappa shape index (κ2) is 10.9. The zero-order chi connectivity index (χ0) is 29.1. The van der Waals surface area contributed by atoms with Gasteiger partial charge >= 0.3 is 0 Å². The van der Waals surface area contributed by atoms with Crippen molar-refractivity contribution in [3.8, 4) is 11.5 Å². The van der Waals surface area contributed by atoms with Crippen LogP contribution in [0.5, 0.6) is 11.5 Å². The Balaban J connectivity index is 1.14. The number of carbonyl (C=O) groups excluding carboxylic acids is 1. The Hall–Kier alpha value is -2.57. The van der Waals surface area contributed by atoms with Crippen LogP contribution >= 0.6 is 0 Å². The van der Waals surface area contributed by atoms with Gasteiger partial charge in [0.25, 0.3) is 0 Å². The minimum absolute atomic E-state index is 0.0563. The maximum absolute atomic E-state index is 14.0. The molecule has 2 heterocycles. The Kier molecular flexibility index (Phi) is 7.29. The molecule has 1 spiro atoms. The van der Waals surface area contributed by atoms with Crippen LogP contribution in [0.25, 0.3) is 0 Å². The number of aryl methyl sites for hydroxylation is 1. The van der Waals surface area contributed by atoms with Crippen LogP contribution in [0, 0.1) is 11.8 Å². The third kappa shape index (κ3) is 4.55. The fourth-order valence-electron chi connectivity index (χ4n) is 9.16. The number of rotatable bonds is 11. The molecule has 7 rings (SSSR count). The van der Waals surface area contributed by atoms with E-state index in [0.29, 0.717) is 31.1 Å². The number of amides is 1. The van der Waals surface area contributed by atoms with Gasteiger partial charge in [-0.25, -0.2) is 0 Å². The highest BCUT2D eigenvalue weighted by atomic mass is 16.5. The number of hydrogen-bond donors (Lipinski definition) is 2. The molecule has 2 N–H and O–H groups in total. The number of nitrogens with zero attached hydrogens (tertiary/aromatic N) is 2. The highest BCUT2D eigenvalue weighted by molar-refractivity contribution is 5.77. The Labute approximate surface area is 251 Å². The number of piperidine rings is 1. The molecule has 3 aliphatic carbocycles. The molecule has 1 saturated heterocycles. The van der Waals surface area contributed by atoms with Crippen LogP contribution in [0.2, 0.25) is 0 Å². The van der Waals surface area contributed by atoms with Crippen molar-refractivity contribution in [1.29, 1.82) is 0 Å². The van der Waals surface area contributed by atoms with E-state index in [-0.39, 0.29) is 29.8 Å². The first-order valence-corrected chi connectivity index (χ1v) is 16.6. The van der Waals surface area contributed by atoms with E-state index in [1.807, 2.05) is 0 Å². The summed E-state index contributed by atoms with van der Waals surface area (Å²) in [6.45, 7) is 7.05. The zero-order valence-electron chi connectivity index (χ0n) is 25.4. The Bertz CT molecular complexity index is 1310. The van der Waals surface area contributed by atoms with E-state index < -0.39 is 11.0 Å². The lowest BCUT2D eigenvalue weighted by Gasteiger charge is -2.65. The predicted molar refractivity (Wildman–Crippen MR) is 164 cm³/mol. The van der Waals surface area contributed by atoms with E-state index in [0.717, 1.165) is 69.5 Å². The molecule has 0 aromatic heterocycles. The van der Waals surface area contributed by atoms with Gasteiger partial charge in [0, 0.05) is 31.1 Å². The number of carbonyl (C=O) groups is 1. The number of hydrogen-bond acceptors (Lipinski definition) is 5. The number of unbranched alkanes of at least 4 members (excludes halogenated alkanes) is 2. The summed E-state index contributed by atoms with van der Waals surface area (Å²) in [5, 5.41) is 23.8. The standard InChI is InChI=1S/C36H48N2O4/c1-24(2)22-38(31(40)12-8-4-7-11-25-9-5-3-6-10-25)28-17-18-36(41)30-21-27-15-16-29(39)33-32(27)35(36,34(28)42-33)19-20-37(30)23-26-13-14-26/h3,5-6,9-10,15-16,24,26,28,30,34,39,41H,4,7-8,11-14,17-23H2,1-2H3/t28-,30+,34-,35-,36+/m0/s1. The minimum Gasteiger partial charge on any atom is -0.504 e. The van der Waals surface area contributed by atoms with Crippen molar-refractivity contribution in [2.75, 3.05) is 19.6 Å². The van der Waals surface area contributed by atoms with E-state index in [9.17, 15) is 15.0 Å². The molecule has 2 aromatic carbocycles. The summed E-state index contributed by atoms with van der Waals surface area (Å²) in [7, 11) is 0. The largest absolute Gasteiger partial charge is 0.504 e. The average molecular weight is 573 g/mol. The van der Waals surface area contributed by atoms with Gasteiger partial charge in [-0.3, -0.25) is 9.69 Å². The lowest BCUT2D eigenvalue weighted by molar-refractivity contribution is -0.202. The van der Waals surface area contributed by atoms with Crippen molar-refractivity contribution >= 4 is 5.91 Å². The van der Waals surface area contributed by atoms with Crippen molar-refractivity contribution < 1.29 is 19.7 Å². The molecule has 226 valence electrons. The number of aromatic hydroxyl groups is 1. The normalized spacial score (nSPS) is 31.1. The fourth-order valence-corrected chi connectivity index (χ4v) is 9.16. The minimum atomic E-state index is -0.919. The quantitative estimate of drug-likeness (QED) is 0.343. The van der Waals surface area contributed by atoms with E-state index in [1.165, 1.54) is 24.0 Å². The monoisotopic (exact) mass is 572 g/mol. The number of aliphatic hydroxyl groups is 1. The van der Waals surface area contributed by atoms with Crippen molar-refractivity contribution in [2.24, 2.45) is 11.8 Å². The summed E-state index contributed by atoms with van der Waals surface area (Å²) in [6, 6.07) is 14.4. The molecule has 6 heteroatoms. The van der Waals surface area contributed by atoms with Gasteiger partial charge in [-0.1, -0.05) is 56.7 Å². The zero-order valence-corrected chi connectivity index (χ0v) is 25.4. The summed E-state index contributed by atoms with van der Waals surface area (Å²) < 4.78 is 6.80. The molecular weight excluding hydrogens is 524 g/mol. The third-order valence-electron chi connectivity index (χ3n) is 11.2. The van der Waals surface area contributed by atoms with Crippen molar-refractivity contribution in [3.05, 3.63) is 59.2 Å². The second-order valence-electron chi connectivity index (χ2n) is 14.4. The Morgan fingerprint density at radius 3 is 2.64 bits per heavy atom. The smallest absolute Gasteiger partial charge is 0.222 e. The molecule has 5 atom stereocenters. The number of phenols is 1. The van der Waals surface area contributed by atoms with E-state index >= 15 is 0 Å². The van der Waals surface area contributed by atoms with Gasteiger partial charge in [-0.05, 0) is 93.4 Å². The summed E-state index contributed by atoms with van der Waals surface area (Å²) in [5.74, 6) is 2.03. The molecule has 0 unspecified atom stereocenters. The lowest BCUT2D eigenvalue weighted by atomic mass is 9.48. The highest BCUT2D eigenvalue weighted by Gasteiger charge is 2.73. The highest BCUT2D eigenvalue weighted by Crippen LogP contribution is 2.66. The molecule has 2 bridgehead atoms. The molecule has 6 nitrogen and oxygen atoms in total. The summed E-state index contributed by atoms with van der Waals surface area (Å²) in [4.78, 5) is 18.7. The van der Waals surface area contributed by atoms with Crippen molar-refractivity contribution in [1.82, 2.24) is 9.80 Å². The van der Waals surface area contributed by atoms with E-state index in [4.69, 9.17) is 4.74 Å². The van der Waals surface area contributed by atoms with Crippen LogP contribution in [0.3, 0.4) is 0 Å². The SMILES string of the molecule is CC(C)CN(C(=O)CCCCCc1ccccc1)[C@H]1CC[C@@]2(O)[C@H]3Cc4ccc(O)c5c4[C@@]2(CCN3CC2CC2)[C@H]1O5. The maximum atomic E-state index is 14.0. The van der Waals surface area contributed by atoms with Crippen molar-refractivity contribution in [3.63, 3.8) is 0 Å². The Morgan fingerprint density at radius 2 is 1.88 bits per heavy atom. The molecule has 2 saturated carbocycles. The number of likely N-dealkylation sites (tertiary alicyclic amines) is 1. The first-order chi connectivity index (χ1) is 20.3. The van der Waals surface area contributed by atoms with Crippen LogP contribution in [-0.4, -0.2) is 69.3 Å². The van der Waals surface area contributed by atoms with Crippen LogP contribution < -0.4 is 4.74 Å². The summed E-state index contributed by atoms with van der Waals surface area (Å²) in [6.07, 6.45) is 9.85. The lowest BCUT2D eigenvalue weighted by Crippen LogP contribution is -2.78. The first-order valence-electron chi connectivity index (χ1n) is 16.6. The number of phenolic OH excluding ortho intramolecular Hbond substituents is 1. The summed E-state index contributed by atoms with van der Waals surface area (Å²) in [5.41, 5.74) is 2.10. The molecule has 5 aliphatic rings. The van der Waals surface area contributed by atoms with Crippen LogP contribution in [-0.2, 0) is 23.1 Å². The molecule has 1 amide bonds. The molecule has 0 radical (unpaired) electrons. The molecule has 3 fully saturated rings. The molecule has 42 heavy (non-hydrogen) atoms. The topological polar surface area (TPSA) is 73.2 Å². The predicted octanol–water partition coefficient (Wildman–Crippen LogP) is 5.61. The van der Waals surface area contributed by atoms with Crippen LogP contribution in [0.4, 0.5) is 0 Å². The van der Waals surface area contributed by atoms with Crippen LogP contribution in [0.15, 0.2) is 42.5 Å². The Morgan fingerprint density at radius 1 is 1.07 bits per heavy atom. The van der Waals surface area contributed by atoms with Gasteiger partial charge in [0.2, 0.25) is 5.91 Å². The van der Waals surface area contributed by atoms with Gasteiger partial charge in [-0.15, -0.1) is 0 Å². The molecule has 2 aromatic rings. The van der Waals surface area contributed by atoms with Crippen molar-refractivity contribution in [2.45, 2.75) is 114 Å². The van der Waals surface area contributed by atoms with Gasteiger partial charge in [-0.2, -0.15) is 0 Å². The fraction of sp³-hybridized carbons (Fsp3) is 0.639. The third-order valence-corrected chi connectivity index (χ3v) is 11.2. The molecular formula is C36H48N2O4. The second-order valence-corrected chi connectivity index (χ2v) is 14.4. The maximum Gasteiger partial charge on any atom is 0.222 e. The average Bonchev–Trinajstić information content (AvgIpc) is 3.72. The van der Waals surface area contributed by atoms with Crippen LogP contribution in [0.1, 0.15) is 88.3 Å². The molecule has 2 aliphatic heterocycles. The van der Waals surface area contributed by atoms with Gasteiger partial charge < -0.3 is 19.8 Å². The first kappa shape index (κ1) is 28.2. The van der Waals surface area contributed by atoms with Gasteiger partial charge in [0.15, 0.2) is 11.5 Å². The van der Waals surface area contributed by atoms with Gasteiger partial charge in [0.05, 0.1) is 17.1 Å². The van der Waals surface area contributed by atoms with Gasteiger partial charge in [0.1, 0.15) is 6.10 Å². The number of ether oxygens (including phenoxy) is 1. The number of benzene rings is 2. The van der Waals surface area contributed by atoms with E-state index in [1.54, 1.807) is 6.07 Å². The van der Waals surface area contributed by atoms with E-state index in [2.05, 4.69) is 60.0 Å². The summed E-state index contributed by atoms with van der Waals surface area (Å²) >= 11 is 0.